The van der Waals surface area contributed by atoms with Crippen molar-refractivity contribution in [1.82, 2.24) is 9.55 Å². The van der Waals surface area contributed by atoms with E-state index in [0.717, 1.165) is 5.56 Å². The minimum absolute atomic E-state index is 0.164. The number of imidazole rings is 1. The van der Waals surface area contributed by atoms with Gasteiger partial charge in [-0.25, -0.2) is 13.4 Å². The molecule has 0 spiro atoms. The summed E-state index contributed by atoms with van der Waals surface area (Å²) in [4.78, 5) is 4.28. The first-order chi connectivity index (χ1) is 15.2. The van der Waals surface area contributed by atoms with Crippen molar-refractivity contribution in [2.45, 2.75) is 36.2 Å². The lowest BCUT2D eigenvalue weighted by Gasteiger charge is -2.29. The average Bonchev–Trinajstić information content (AvgIpc) is 3.38. The number of nitrogens with two attached hydrogens (primary N) is 1. The van der Waals surface area contributed by atoms with Crippen LogP contribution in [0.5, 0.6) is 0 Å². The van der Waals surface area contributed by atoms with Crippen LogP contribution in [0.2, 0.25) is 10.0 Å². The van der Waals surface area contributed by atoms with Gasteiger partial charge in [-0.2, -0.15) is 0 Å². The van der Waals surface area contributed by atoms with Crippen LogP contribution in [-0.2, 0) is 32.3 Å². The molecule has 1 fully saturated rings. The Labute approximate surface area is 197 Å². The number of nitrogens with zero attached hydrogens (tertiary/aromatic N) is 2. The third-order valence-corrected chi connectivity index (χ3v) is 7.72. The first-order valence-corrected chi connectivity index (χ1v) is 12.5. The van der Waals surface area contributed by atoms with E-state index < -0.39 is 21.7 Å². The van der Waals surface area contributed by atoms with E-state index >= 15 is 0 Å². The fourth-order valence-corrected chi connectivity index (χ4v) is 5.62. The third kappa shape index (κ3) is 5.44. The van der Waals surface area contributed by atoms with Crippen molar-refractivity contribution < 1.29 is 17.9 Å². The van der Waals surface area contributed by atoms with E-state index in [1.807, 2.05) is 16.8 Å². The van der Waals surface area contributed by atoms with Gasteiger partial charge in [-0.05, 0) is 48.4 Å². The summed E-state index contributed by atoms with van der Waals surface area (Å²) in [5.41, 5.74) is 7.08. The normalized spacial score (nSPS) is 21.1. The van der Waals surface area contributed by atoms with Gasteiger partial charge >= 0.3 is 0 Å². The molecule has 170 valence electrons. The van der Waals surface area contributed by atoms with Crippen molar-refractivity contribution in [2.24, 2.45) is 0 Å². The molecule has 10 heteroatoms. The number of anilines is 1. The molecular formula is C22H23Cl2N3O4S. The average molecular weight is 496 g/mol. The highest BCUT2D eigenvalue weighted by molar-refractivity contribution is 7.91. The summed E-state index contributed by atoms with van der Waals surface area (Å²) in [7, 11) is -3.57. The lowest BCUT2D eigenvalue weighted by molar-refractivity contribution is -0.180. The van der Waals surface area contributed by atoms with E-state index in [1.54, 1.807) is 36.8 Å². The number of rotatable bonds is 8. The van der Waals surface area contributed by atoms with Gasteiger partial charge in [0.1, 0.15) is 0 Å². The predicted octanol–water partition coefficient (Wildman–Crippen LogP) is 3.99. The summed E-state index contributed by atoms with van der Waals surface area (Å²) >= 11 is 12.3. The highest BCUT2D eigenvalue weighted by atomic mass is 35.5. The molecule has 0 bridgehead atoms. The van der Waals surface area contributed by atoms with Crippen LogP contribution in [-0.4, -0.2) is 42.2 Å². The van der Waals surface area contributed by atoms with Gasteiger partial charge in [0, 0.05) is 34.5 Å². The molecule has 2 heterocycles. The van der Waals surface area contributed by atoms with E-state index in [0.29, 0.717) is 35.1 Å². The molecule has 4 rings (SSSR count). The summed E-state index contributed by atoms with van der Waals surface area (Å²) in [5, 5.41) is 1.13. The molecule has 3 aromatic rings. The van der Waals surface area contributed by atoms with E-state index in [-0.39, 0.29) is 17.3 Å². The molecule has 1 aliphatic heterocycles. The number of aryl methyl sites for hydroxylation is 1. The highest BCUT2D eigenvalue weighted by Gasteiger charge is 2.43. The van der Waals surface area contributed by atoms with E-state index in [4.69, 9.17) is 38.4 Å². The molecule has 0 amide bonds. The van der Waals surface area contributed by atoms with Gasteiger partial charge in [-0.15, -0.1) is 0 Å². The number of sulfone groups is 1. The standard InChI is InChI=1S/C22H23Cl2N3O4S/c23-17-2-1-16(21(24)11-17)7-8-22(14-27-10-9-26-15-27)30-12-19(31-22)13-32(28,29)20-5-3-18(25)4-6-20/h1-6,9-11,15,19H,7-8,12-14,25H2/t19-,22-/m0/s1. The molecule has 1 saturated heterocycles. The lowest BCUT2D eigenvalue weighted by Crippen LogP contribution is -2.37. The zero-order valence-corrected chi connectivity index (χ0v) is 19.5. The molecule has 2 N–H and O–H groups in total. The van der Waals surface area contributed by atoms with Crippen molar-refractivity contribution in [3.63, 3.8) is 0 Å². The summed E-state index contributed by atoms with van der Waals surface area (Å²) in [6, 6.07) is 11.5. The third-order valence-electron chi connectivity index (χ3n) is 5.33. The molecule has 32 heavy (non-hydrogen) atoms. The maximum absolute atomic E-state index is 12.9. The summed E-state index contributed by atoms with van der Waals surface area (Å²) in [5.74, 6) is -1.20. The number of hydrogen-bond acceptors (Lipinski definition) is 6. The van der Waals surface area contributed by atoms with Crippen molar-refractivity contribution in [1.29, 1.82) is 0 Å². The Kier molecular flexibility index (Phi) is 6.78. The second kappa shape index (κ2) is 9.41. The van der Waals surface area contributed by atoms with Crippen LogP contribution in [0.4, 0.5) is 5.69 Å². The molecule has 0 radical (unpaired) electrons. The Morgan fingerprint density at radius 1 is 1.19 bits per heavy atom. The van der Waals surface area contributed by atoms with Gasteiger partial charge in [0.05, 0.1) is 36.2 Å². The molecule has 2 atom stereocenters. The minimum atomic E-state index is -3.57. The summed E-state index contributed by atoms with van der Waals surface area (Å²) in [6.07, 6.45) is 5.58. The second-order valence-corrected chi connectivity index (χ2v) is 10.7. The van der Waals surface area contributed by atoms with Crippen LogP contribution in [0.25, 0.3) is 0 Å². The van der Waals surface area contributed by atoms with Crippen molar-refractivity contribution in [3.8, 4) is 0 Å². The van der Waals surface area contributed by atoms with Crippen molar-refractivity contribution in [2.75, 3.05) is 18.1 Å². The number of nitrogen functional groups attached to an aromatic ring is 1. The van der Waals surface area contributed by atoms with E-state index in [1.165, 1.54) is 12.1 Å². The summed E-state index contributed by atoms with van der Waals surface area (Å²) in [6.45, 7) is 0.536. The molecule has 7 nitrogen and oxygen atoms in total. The van der Waals surface area contributed by atoms with Crippen LogP contribution in [0, 0.1) is 0 Å². The van der Waals surface area contributed by atoms with E-state index in [9.17, 15) is 8.42 Å². The maximum Gasteiger partial charge on any atom is 0.187 e. The maximum atomic E-state index is 12.9. The topological polar surface area (TPSA) is 96.4 Å². The van der Waals surface area contributed by atoms with Gasteiger partial charge in [-0.3, -0.25) is 0 Å². The number of benzene rings is 2. The number of ether oxygens (including phenoxy) is 2. The van der Waals surface area contributed by atoms with Crippen LogP contribution < -0.4 is 5.73 Å². The molecule has 0 aliphatic carbocycles. The quantitative estimate of drug-likeness (QED) is 0.474. The van der Waals surface area contributed by atoms with Crippen molar-refractivity contribution in [3.05, 3.63) is 76.8 Å². The van der Waals surface area contributed by atoms with E-state index in [2.05, 4.69) is 4.98 Å². The Hall–Kier alpha value is -2.10. The molecule has 0 unspecified atom stereocenters. The molecule has 0 saturated carbocycles. The fraction of sp³-hybridized carbons (Fsp3) is 0.318. The Bertz CT molecular complexity index is 1170. The van der Waals surface area contributed by atoms with Crippen LogP contribution in [0.15, 0.2) is 66.1 Å². The number of aromatic nitrogens is 2. The zero-order chi connectivity index (χ0) is 22.8. The zero-order valence-electron chi connectivity index (χ0n) is 17.2. The first kappa shape index (κ1) is 23.1. The Morgan fingerprint density at radius 2 is 1.97 bits per heavy atom. The molecule has 1 aliphatic rings. The predicted molar refractivity (Wildman–Crippen MR) is 123 cm³/mol. The van der Waals surface area contributed by atoms with Gasteiger partial charge < -0.3 is 19.8 Å². The molecular weight excluding hydrogens is 473 g/mol. The summed E-state index contributed by atoms with van der Waals surface area (Å²) < 4.78 is 39.9. The van der Waals surface area contributed by atoms with Gasteiger partial charge in [-0.1, -0.05) is 29.3 Å². The van der Waals surface area contributed by atoms with Gasteiger partial charge in [0.2, 0.25) is 0 Å². The molecule has 1 aromatic heterocycles. The SMILES string of the molecule is Nc1ccc(S(=O)(=O)C[C@@H]2CO[C@](CCc3ccc(Cl)cc3Cl)(Cn3ccnc3)O2)cc1. The Balaban J connectivity index is 1.50. The first-order valence-electron chi connectivity index (χ1n) is 10.0. The van der Waals surface area contributed by atoms with Crippen molar-refractivity contribution >= 4 is 38.7 Å². The van der Waals surface area contributed by atoms with Crippen LogP contribution in [0.1, 0.15) is 12.0 Å². The highest BCUT2D eigenvalue weighted by Crippen LogP contribution is 2.33. The monoisotopic (exact) mass is 495 g/mol. The largest absolute Gasteiger partial charge is 0.399 e. The Morgan fingerprint density at radius 3 is 2.66 bits per heavy atom. The molecule has 2 aromatic carbocycles. The smallest absolute Gasteiger partial charge is 0.187 e. The van der Waals surface area contributed by atoms with Crippen LogP contribution >= 0.6 is 23.2 Å². The second-order valence-electron chi connectivity index (χ2n) is 7.78. The fourth-order valence-electron chi connectivity index (χ4n) is 3.72. The minimum Gasteiger partial charge on any atom is -0.399 e. The number of halogens is 2. The number of hydrogen-bond donors (Lipinski definition) is 1. The lowest BCUT2D eigenvalue weighted by atomic mass is 10.0. The van der Waals surface area contributed by atoms with Gasteiger partial charge in [0.25, 0.3) is 0 Å². The van der Waals surface area contributed by atoms with Gasteiger partial charge in [0.15, 0.2) is 15.6 Å². The van der Waals surface area contributed by atoms with Crippen LogP contribution in [0.3, 0.4) is 0 Å².